The lowest BCUT2D eigenvalue weighted by Gasteiger charge is -2.19. The first-order valence-electron chi connectivity index (χ1n) is 5.71. The molecule has 0 saturated heterocycles. The average Bonchev–Trinajstić information content (AvgIpc) is 2.93. The summed E-state index contributed by atoms with van der Waals surface area (Å²) in [6.45, 7) is 0.839. The molecule has 0 aliphatic carbocycles. The second-order valence-corrected chi connectivity index (χ2v) is 6.03. The van der Waals surface area contributed by atoms with Crippen molar-refractivity contribution < 1.29 is 9.90 Å². The van der Waals surface area contributed by atoms with Crippen molar-refractivity contribution in [3.63, 3.8) is 0 Å². The molecule has 0 fully saturated rings. The van der Waals surface area contributed by atoms with Gasteiger partial charge in [0.2, 0.25) is 0 Å². The van der Waals surface area contributed by atoms with Crippen LogP contribution < -0.4 is 0 Å². The third kappa shape index (κ3) is 1.93. The summed E-state index contributed by atoms with van der Waals surface area (Å²) in [6, 6.07) is 3.74. The highest BCUT2D eigenvalue weighted by molar-refractivity contribution is 7.19. The maximum Gasteiger partial charge on any atom is 0.314 e. The van der Waals surface area contributed by atoms with Crippen LogP contribution in [0.1, 0.15) is 24.6 Å². The standard InChI is InChI=1S/C12H11ClN2O2S/c13-10-4-3-9(18-10)8-6-15-5-1-2-7(12(16)17)11(15)14-8/h3-4,6-7H,1-2,5H2,(H,16,17). The van der Waals surface area contributed by atoms with E-state index in [0.717, 1.165) is 23.5 Å². The third-order valence-electron chi connectivity index (χ3n) is 3.13. The van der Waals surface area contributed by atoms with Crippen molar-refractivity contribution in [1.29, 1.82) is 0 Å². The first-order valence-corrected chi connectivity index (χ1v) is 6.90. The molecule has 4 nitrogen and oxygen atoms in total. The van der Waals surface area contributed by atoms with Gasteiger partial charge in [0.05, 0.1) is 14.9 Å². The number of carbonyl (C=O) groups is 1. The molecule has 2 aromatic rings. The zero-order valence-electron chi connectivity index (χ0n) is 9.47. The minimum absolute atomic E-state index is 0.483. The number of carboxylic acid groups (broad SMARTS) is 1. The summed E-state index contributed by atoms with van der Waals surface area (Å²) in [5.41, 5.74) is 0.815. The Bertz CT molecular complexity index is 605. The zero-order valence-corrected chi connectivity index (χ0v) is 11.0. The quantitative estimate of drug-likeness (QED) is 0.920. The number of imidazole rings is 1. The molecule has 0 radical (unpaired) electrons. The molecule has 1 atom stereocenters. The molecule has 1 aliphatic heterocycles. The minimum Gasteiger partial charge on any atom is -0.481 e. The van der Waals surface area contributed by atoms with Gasteiger partial charge in [-0.05, 0) is 25.0 Å². The summed E-state index contributed by atoms with van der Waals surface area (Å²) in [4.78, 5) is 16.6. The van der Waals surface area contributed by atoms with Crippen molar-refractivity contribution in [2.75, 3.05) is 0 Å². The number of fused-ring (bicyclic) bond motifs is 1. The van der Waals surface area contributed by atoms with E-state index in [9.17, 15) is 9.90 Å². The molecule has 0 aromatic carbocycles. The number of carboxylic acids is 1. The van der Waals surface area contributed by atoms with Gasteiger partial charge in [-0.25, -0.2) is 4.98 Å². The average molecular weight is 283 g/mol. The normalized spacial score (nSPS) is 18.6. The van der Waals surface area contributed by atoms with E-state index in [1.807, 2.05) is 22.9 Å². The number of aliphatic carboxylic acids is 1. The minimum atomic E-state index is -0.794. The van der Waals surface area contributed by atoms with Crippen LogP contribution in [0.5, 0.6) is 0 Å². The molecule has 3 rings (SSSR count). The van der Waals surface area contributed by atoms with Crippen molar-refractivity contribution >= 4 is 28.9 Å². The van der Waals surface area contributed by atoms with Crippen LogP contribution in [-0.4, -0.2) is 20.6 Å². The van der Waals surface area contributed by atoms with E-state index in [2.05, 4.69) is 4.98 Å². The summed E-state index contributed by atoms with van der Waals surface area (Å²) in [7, 11) is 0. The molecule has 1 aliphatic rings. The second-order valence-electron chi connectivity index (χ2n) is 4.31. The van der Waals surface area contributed by atoms with Crippen molar-refractivity contribution in [3.8, 4) is 10.6 Å². The van der Waals surface area contributed by atoms with Crippen LogP contribution in [0.4, 0.5) is 0 Å². The van der Waals surface area contributed by atoms with Gasteiger partial charge in [-0.3, -0.25) is 4.79 Å². The van der Waals surface area contributed by atoms with E-state index in [0.29, 0.717) is 16.6 Å². The smallest absolute Gasteiger partial charge is 0.314 e. The number of aromatic nitrogens is 2. The Morgan fingerprint density at radius 2 is 2.39 bits per heavy atom. The predicted octanol–water partition coefficient (Wildman–Crippen LogP) is 3.23. The van der Waals surface area contributed by atoms with Crippen molar-refractivity contribution in [3.05, 3.63) is 28.5 Å². The predicted molar refractivity (Wildman–Crippen MR) is 70.2 cm³/mol. The summed E-state index contributed by atoms with van der Waals surface area (Å²) in [6.07, 6.45) is 3.47. The lowest BCUT2D eigenvalue weighted by atomic mass is 9.99. The molecular formula is C12H11ClN2O2S. The molecule has 3 heterocycles. The highest BCUT2D eigenvalue weighted by atomic mass is 35.5. The first-order chi connectivity index (χ1) is 8.65. The van der Waals surface area contributed by atoms with Crippen LogP contribution in [0.3, 0.4) is 0 Å². The van der Waals surface area contributed by atoms with Crippen molar-refractivity contribution in [2.24, 2.45) is 0 Å². The Morgan fingerprint density at radius 3 is 3.06 bits per heavy atom. The van der Waals surface area contributed by atoms with Gasteiger partial charge in [-0.1, -0.05) is 11.6 Å². The van der Waals surface area contributed by atoms with Gasteiger partial charge in [0.25, 0.3) is 0 Å². The summed E-state index contributed by atoms with van der Waals surface area (Å²) < 4.78 is 2.66. The number of aryl methyl sites for hydroxylation is 1. The number of thiophene rings is 1. The Balaban J connectivity index is 2.03. The Hall–Kier alpha value is -1.33. The number of hydrogen-bond donors (Lipinski definition) is 1. The first kappa shape index (κ1) is 11.7. The van der Waals surface area contributed by atoms with E-state index < -0.39 is 11.9 Å². The Morgan fingerprint density at radius 1 is 1.56 bits per heavy atom. The largest absolute Gasteiger partial charge is 0.481 e. The number of hydrogen-bond acceptors (Lipinski definition) is 3. The van der Waals surface area contributed by atoms with Crippen LogP contribution in [0.2, 0.25) is 4.34 Å². The topological polar surface area (TPSA) is 55.1 Å². The summed E-state index contributed by atoms with van der Waals surface area (Å²) in [5, 5.41) is 9.20. The van der Waals surface area contributed by atoms with Gasteiger partial charge in [0, 0.05) is 12.7 Å². The molecule has 94 valence electrons. The van der Waals surface area contributed by atoms with Crippen LogP contribution in [0.15, 0.2) is 18.3 Å². The van der Waals surface area contributed by atoms with E-state index in [-0.39, 0.29) is 0 Å². The lowest BCUT2D eigenvalue weighted by molar-refractivity contribution is -0.139. The molecule has 1 N–H and O–H groups in total. The lowest BCUT2D eigenvalue weighted by Crippen LogP contribution is -2.21. The molecule has 0 bridgehead atoms. The third-order valence-corrected chi connectivity index (χ3v) is 4.39. The zero-order chi connectivity index (χ0) is 12.7. The molecular weight excluding hydrogens is 272 g/mol. The van der Waals surface area contributed by atoms with E-state index in [1.165, 1.54) is 11.3 Å². The maximum atomic E-state index is 11.2. The monoisotopic (exact) mass is 282 g/mol. The molecule has 1 unspecified atom stereocenters. The second kappa shape index (κ2) is 4.40. The summed E-state index contributed by atoms with van der Waals surface area (Å²) in [5.74, 6) is -0.617. The molecule has 2 aromatic heterocycles. The van der Waals surface area contributed by atoms with E-state index in [1.54, 1.807) is 0 Å². The molecule has 18 heavy (non-hydrogen) atoms. The fourth-order valence-electron chi connectivity index (χ4n) is 2.29. The molecule has 0 amide bonds. The van der Waals surface area contributed by atoms with Crippen LogP contribution in [0.25, 0.3) is 10.6 Å². The Labute approximate surface area is 113 Å². The summed E-state index contributed by atoms with van der Waals surface area (Å²) >= 11 is 7.36. The van der Waals surface area contributed by atoms with E-state index in [4.69, 9.17) is 11.6 Å². The van der Waals surface area contributed by atoms with E-state index >= 15 is 0 Å². The molecule has 0 saturated carbocycles. The number of nitrogens with zero attached hydrogens (tertiary/aromatic N) is 2. The SMILES string of the molecule is O=C(O)C1CCCn2cc(-c3ccc(Cl)s3)nc21. The van der Waals surface area contributed by atoms with Gasteiger partial charge in [-0.2, -0.15) is 0 Å². The highest BCUT2D eigenvalue weighted by Crippen LogP contribution is 2.34. The fraction of sp³-hybridized carbons (Fsp3) is 0.333. The van der Waals surface area contributed by atoms with Crippen LogP contribution >= 0.6 is 22.9 Å². The van der Waals surface area contributed by atoms with Crippen molar-refractivity contribution in [1.82, 2.24) is 9.55 Å². The van der Waals surface area contributed by atoms with Gasteiger partial charge < -0.3 is 9.67 Å². The van der Waals surface area contributed by atoms with Gasteiger partial charge in [0.1, 0.15) is 11.7 Å². The van der Waals surface area contributed by atoms with Gasteiger partial charge in [0.15, 0.2) is 0 Å². The van der Waals surface area contributed by atoms with Crippen LogP contribution in [-0.2, 0) is 11.3 Å². The number of rotatable bonds is 2. The molecule has 6 heteroatoms. The van der Waals surface area contributed by atoms with Crippen molar-refractivity contribution in [2.45, 2.75) is 25.3 Å². The number of halogens is 1. The molecule has 0 spiro atoms. The van der Waals surface area contributed by atoms with Crippen LogP contribution in [0, 0.1) is 0 Å². The highest BCUT2D eigenvalue weighted by Gasteiger charge is 2.29. The maximum absolute atomic E-state index is 11.2. The van der Waals surface area contributed by atoms with Gasteiger partial charge in [-0.15, -0.1) is 11.3 Å². The fourth-order valence-corrected chi connectivity index (χ4v) is 3.28. The van der Waals surface area contributed by atoms with Gasteiger partial charge >= 0.3 is 5.97 Å². The Kier molecular flexibility index (Phi) is 2.87.